The molecule has 1 unspecified atom stereocenters. The molecule has 7 nitrogen and oxygen atoms in total. The number of benzene rings is 1. The Morgan fingerprint density at radius 3 is 2.79 bits per heavy atom. The second-order valence-corrected chi connectivity index (χ2v) is 6.61. The van der Waals surface area contributed by atoms with Gasteiger partial charge in [0.1, 0.15) is 11.7 Å². The predicted octanol–water partition coefficient (Wildman–Crippen LogP) is 4.54. The predicted molar refractivity (Wildman–Crippen MR) is 90.6 cm³/mol. The Bertz CT molecular complexity index is 863. The number of azide groups is 1. The Balaban J connectivity index is 2.45. The van der Waals surface area contributed by atoms with E-state index < -0.39 is 11.7 Å². The van der Waals surface area contributed by atoms with Crippen LogP contribution < -0.4 is 0 Å². The molecule has 124 valence electrons. The first-order chi connectivity index (χ1) is 11.2. The van der Waals surface area contributed by atoms with E-state index in [0.29, 0.717) is 22.9 Å². The van der Waals surface area contributed by atoms with Crippen LogP contribution in [0.25, 0.3) is 21.3 Å². The molecule has 1 atom stereocenters. The van der Waals surface area contributed by atoms with Gasteiger partial charge in [0, 0.05) is 22.5 Å². The first kappa shape index (κ1) is 17.4. The molecule has 0 saturated heterocycles. The molecule has 7 heteroatoms. The minimum absolute atomic E-state index is 0.189. The summed E-state index contributed by atoms with van der Waals surface area (Å²) in [4.78, 5) is 15.1. The Labute approximate surface area is 140 Å². The van der Waals surface area contributed by atoms with Crippen LogP contribution >= 0.6 is 0 Å². The van der Waals surface area contributed by atoms with Gasteiger partial charge in [0.25, 0.3) is 0 Å². The SMILES string of the molecule is CC(Cc1ccc2c(c1)c(C#N)cn2C(=O)OC(C)(C)C)N=[N+]=[N-]. The van der Waals surface area contributed by atoms with E-state index in [1.54, 1.807) is 26.8 Å². The van der Waals surface area contributed by atoms with E-state index in [9.17, 15) is 10.1 Å². The van der Waals surface area contributed by atoms with E-state index >= 15 is 0 Å². The van der Waals surface area contributed by atoms with Gasteiger partial charge >= 0.3 is 6.09 Å². The van der Waals surface area contributed by atoms with E-state index in [2.05, 4.69) is 16.1 Å². The van der Waals surface area contributed by atoms with Crippen molar-refractivity contribution >= 4 is 17.0 Å². The number of nitriles is 1. The number of nitrogens with zero attached hydrogens (tertiary/aromatic N) is 5. The van der Waals surface area contributed by atoms with Crippen molar-refractivity contribution in [1.29, 1.82) is 5.26 Å². The maximum Gasteiger partial charge on any atom is 0.419 e. The lowest BCUT2D eigenvalue weighted by Crippen LogP contribution is -2.26. The highest BCUT2D eigenvalue weighted by Gasteiger charge is 2.21. The molecule has 0 N–H and O–H groups in total. The van der Waals surface area contributed by atoms with Crippen molar-refractivity contribution in [2.45, 2.75) is 45.8 Å². The lowest BCUT2D eigenvalue weighted by atomic mass is 10.0. The molecule has 2 aromatic rings. The van der Waals surface area contributed by atoms with Crippen molar-refractivity contribution in [1.82, 2.24) is 4.57 Å². The summed E-state index contributed by atoms with van der Waals surface area (Å²) in [6, 6.07) is 7.39. The lowest BCUT2D eigenvalue weighted by molar-refractivity contribution is 0.0544. The maximum absolute atomic E-state index is 12.3. The summed E-state index contributed by atoms with van der Waals surface area (Å²) in [6.45, 7) is 7.19. The molecule has 0 aliphatic rings. The fraction of sp³-hybridized carbons (Fsp3) is 0.412. The van der Waals surface area contributed by atoms with E-state index in [0.717, 1.165) is 5.56 Å². The summed E-state index contributed by atoms with van der Waals surface area (Å²) in [5.41, 5.74) is 9.81. The van der Waals surface area contributed by atoms with Gasteiger partial charge in [0.05, 0.1) is 11.1 Å². The minimum Gasteiger partial charge on any atom is -0.443 e. The number of ether oxygens (including phenoxy) is 1. The van der Waals surface area contributed by atoms with Gasteiger partial charge < -0.3 is 4.74 Å². The molecule has 0 amide bonds. The summed E-state index contributed by atoms with van der Waals surface area (Å²) in [7, 11) is 0. The number of rotatable bonds is 3. The van der Waals surface area contributed by atoms with Crippen LogP contribution in [0.3, 0.4) is 0 Å². The van der Waals surface area contributed by atoms with Crippen LogP contribution in [0.5, 0.6) is 0 Å². The second kappa shape index (κ2) is 6.65. The third-order valence-electron chi connectivity index (χ3n) is 3.36. The number of fused-ring (bicyclic) bond motifs is 1. The van der Waals surface area contributed by atoms with Gasteiger partial charge in [-0.3, -0.25) is 4.57 Å². The first-order valence-electron chi connectivity index (χ1n) is 7.57. The molecule has 0 fully saturated rings. The second-order valence-electron chi connectivity index (χ2n) is 6.61. The van der Waals surface area contributed by atoms with Gasteiger partial charge in [0.15, 0.2) is 0 Å². The highest BCUT2D eigenvalue weighted by Crippen LogP contribution is 2.24. The van der Waals surface area contributed by atoms with Crippen molar-refractivity contribution in [3.8, 4) is 6.07 Å². The van der Waals surface area contributed by atoms with Crippen molar-refractivity contribution in [3.63, 3.8) is 0 Å². The molecule has 2 rings (SSSR count). The fourth-order valence-corrected chi connectivity index (χ4v) is 2.43. The zero-order valence-corrected chi connectivity index (χ0v) is 14.1. The molecule has 0 spiro atoms. The average molecular weight is 325 g/mol. The molecular weight excluding hydrogens is 306 g/mol. The molecule has 24 heavy (non-hydrogen) atoms. The van der Waals surface area contributed by atoms with E-state index in [1.807, 2.05) is 19.1 Å². The topological polar surface area (TPSA) is 104 Å². The largest absolute Gasteiger partial charge is 0.443 e. The number of hydrogen-bond donors (Lipinski definition) is 0. The first-order valence-corrected chi connectivity index (χ1v) is 7.57. The molecule has 0 bridgehead atoms. The summed E-state index contributed by atoms with van der Waals surface area (Å²) in [5, 5.41) is 13.7. The van der Waals surface area contributed by atoms with Crippen LogP contribution in [0.15, 0.2) is 29.5 Å². The molecule has 0 aliphatic heterocycles. The molecule has 0 aliphatic carbocycles. The van der Waals surface area contributed by atoms with E-state index in [-0.39, 0.29) is 6.04 Å². The molecule has 1 heterocycles. The Morgan fingerprint density at radius 1 is 1.50 bits per heavy atom. The number of carbonyl (C=O) groups is 1. The summed E-state index contributed by atoms with van der Waals surface area (Å²) < 4.78 is 6.72. The summed E-state index contributed by atoms with van der Waals surface area (Å²) in [5.74, 6) is 0. The molecular formula is C17H19N5O2. The van der Waals surface area contributed by atoms with Gasteiger partial charge in [-0.05, 0) is 50.4 Å². The monoisotopic (exact) mass is 325 g/mol. The van der Waals surface area contributed by atoms with Gasteiger partial charge in [-0.25, -0.2) is 4.79 Å². The smallest absolute Gasteiger partial charge is 0.419 e. The van der Waals surface area contributed by atoms with E-state index in [1.165, 1.54) is 10.8 Å². The zero-order valence-electron chi connectivity index (χ0n) is 14.1. The van der Waals surface area contributed by atoms with E-state index in [4.69, 9.17) is 10.3 Å². The van der Waals surface area contributed by atoms with Crippen molar-refractivity contribution in [2.24, 2.45) is 5.11 Å². The van der Waals surface area contributed by atoms with Gasteiger partial charge in [-0.1, -0.05) is 18.1 Å². The molecule has 0 radical (unpaired) electrons. The van der Waals surface area contributed by atoms with Gasteiger partial charge in [0.2, 0.25) is 0 Å². The van der Waals surface area contributed by atoms with Crippen LogP contribution in [0.2, 0.25) is 0 Å². The zero-order chi connectivity index (χ0) is 17.9. The molecule has 0 saturated carbocycles. The third kappa shape index (κ3) is 3.86. The van der Waals surface area contributed by atoms with Crippen molar-refractivity contribution in [2.75, 3.05) is 0 Å². The lowest BCUT2D eigenvalue weighted by Gasteiger charge is -2.19. The van der Waals surface area contributed by atoms with Gasteiger partial charge in [-0.15, -0.1) is 0 Å². The van der Waals surface area contributed by atoms with Crippen LogP contribution in [-0.4, -0.2) is 22.3 Å². The quantitative estimate of drug-likeness (QED) is 0.470. The van der Waals surface area contributed by atoms with Crippen LogP contribution in [0.1, 0.15) is 38.8 Å². The summed E-state index contributed by atoms with van der Waals surface area (Å²) >= 11 is 0. The normalized spacial score (nSPS) is 12.3. The number of hydrogen-bond acceptors (Lipinski definition) is 4. The highest BCUT2D eigenvalue weighted by molar-refractivity contribution is 5.94. The summed E-state index contributed by atoms with van der Waals surface area (Å²) in [6.07, 6.45) is 1.52. The van der Waals surface area contributed by atoms with Crippen molar-refractivity contribution in [3.05, 3.63) is 46.0 Å². The average Bonchev–Trinajstić information content (AvgIpc) is 2.84. The highest BCUT2D eigenvalue weighted by atomic mass is 16.6. The van der Waals surface area contributed by atoms with Gasteiger partial charge in [-0.2, -0.15) is 5.26 Å². The number of carbonyl (C=O) groups excluding carboxylic acids is 1. The fourth-order valence-electron chi connectivity index (χ4n) is 2.43. The maximum atomic E-state index is 12.3. The molecule has 1 aromatic heterocycles. The Hall–Kier alpha value is -2.97. The minimum atomic E-state index is -0.620. The van der Waals surface area contributed by atoms with Crippen LogP contribution in [0.4, 0.5) is 4.79 Å². The molecule has 1 aromatic carbocycles. The third-order valence-corrected chi connectivity index (χ3v) is 3.36. The van der Waals surface area contributed by atoms with Crippen LogP contribution in [-0.2, 0) is 11.2 Å². The standard InChI is InChI=1S/C17H19N5O2/c1-11(20-21-19)7-12-5-6-15-14(8-12)13(9-18)10-22(15)16(23)24-17(2,3)4/h5-6,8,10-11H,7H2,1-4H3. The Kier molecular flexibility index (Phi) is 4.82. The van der Waals surface area contributed by atoms with Crippen molar-refractivity contribution < 1.29 is 9.53 Å². The Morgan fingerprint density at radius 2 is 2.21 bits per heavy atom. The number of aromatic nitrogens is 1. The van der Waals surface area contributed by atoms with Crippen LogP contribution in [0, 0.1) is 11.3 Å².